The van der Waals surface area contributed by atoms with E-state index in [4.69, 9.17) is 0 Å². The molecule has 1 aromatic rings. The van der Waals surface area contributed by atoms with Crippen molar-refractivity contribution in [1.29, 1.82) is 0 Å². The molecule has 1 aliphatic heterocycles. The SMILES string of the molecule is CCCNc1nc(C)nc(N2CCCCC2)c1C. The smallest absolute Gasteiger partial charge is 0.137 e. The van der Waals surface area contributed by atoms with Gasteiger partial charge in [-0.25, -0.2) is 9.97 Å². The van der Waals surface area contributed by atoms with E-state index in [9.17, 15) is 0 Å². The average molecular weight is 248 g/mol. The summed E-state index contributed by atoms with van der Waals surface area (Å²) in [4.78, 5) is 11.6. The van der Waals surface area contributed by atoms with Gasteiger partial charge in [-0.3, -0.25) is 0 Å². The zero-order chi connectivity index (χ0) is 13.0. The first kappa shape index (κ1) is 13.1. The van der Waals surface area contributed by atoms with Crippen LogP contribution in [0.15, 0.2) is 0 Å². The fraction of sp³-hybridized carbons (Fsp3) is 0.714. The van der Waals surface area contributed by atoms with Gasteiger partial charge in [0.2, 0.25) is 0 Å². The predicted molar refractivity (Wildman–Crippen MR) is 76.4 cm³/mol. The summed E-state index contributed by atoms with van der Waals surface area (Å²) in [6, 6.07) is 0. The van der Waals surface area contributed by atoms with Crippen LogP contribution in [0.2, 0.25) is 0 Å². The zero-order valence-corrected chi connectivity index (χ0v) is 11.8. The van der Waals surface area contributed by atoms with Crippen LogP contribution >= 0.6 is 0 Å². The largest absolute Gasteiger partial charge is 0.370 e. The molecule has 1 N–H and O–H groups in total. The van der Waals surface area contributed by atoms with E-state index < -0.39 is 0 Å². The lowest BCUT2D eigenvalue weighted by molar-refractivity contribution is 0.571. The molecule has 100 valence electrons. The van der Waals surface area contributed by atoms with Gasteiger partial charge in [0.1, 0.15) is 17.5 Å². The Bertz CT molecular complexity index is 397. The van der Waals surface area contributed by atoms with E-state index in [1.165, 1.54) is 24.8 Å². The van der Waals surface area contributed by atoms with Gasteiger partial charge in [-0.2, -0.15) is 0 Å². The van der Waals surface area contributed by atoms with Crippen LogP contribution in [0.25, 0.3) is 0 Å². The minimum atomic E-state index is 0.861. The molecule has 18 heavy (non-hydrogen) atoms. The van der Waals surface area contributed by atoms with Crippen molar-refractivity contribution in [3.05, 3.63) is 11.4 Å². The number of piperidine rings is 1. The van der Waals surface area contributed by atoms with Crippen LogP contribution in [0.5, 0.6) is 0 Å². The van der Waals surface area contributed by atoms with Crippen LogP contribution in [0.4, 0.5) is 11.6 Å². The summed E-state index contributed by atoms with van der Waals surface area (Å²) in [6.45, 7) is 9.50. The molecule has 4 nitrogen and oxygen atoms in total. The van der Waals surface area contributed by atoms with Gasteiger partial charge in [-0.15, -0.1) is 0 Å². The van der Waals surface area contributed by atoms with E-state index >= 15 is 0 Å². The van der Waals surface area contributed by atoms with Crippen molar-refractivity contribution in [3.8, 4) is 0 Å². The number of hydrogen-bond donors (Lipinski definition) is 1. The molecule has 0 amide bonds. The topological polar surface area (TPSA) is 41.1 Å². The first-order chi connectivity index (χ1) is 8.72. The van der Waals surface area contributed by atoms with E-state index in [2.05, 4.69) is 34.0 Å². The molecule has 0 bridgehead atoms. The van der Waals surface area contributed by atoms with Gasteiger partial charge in [0.05, 0.1) is 0 Å². The first-order valence-electron chi connectivity index (χ1n) is 7.06. The molecule has 0 spiro atoms. The van der Waals surface area contributed by atoms with E-state index in [-0.39, 0.29) is 0 Å². The van der Waals surface area contributed by atoms with E-state index in [1.54, 1.807) is 0 Å². The summed E-state index contributed by atoms with van der Waals surface area (Å²) in [6.07, 6.45) is 5.02. The average Bonchev–Trinajstić information content (AvgIpc) is 2.40. The Morgan fingerprint density at radius 2 is 1.83 bits per heavy atom. The van der Waals surface area contributed by atoms with Gasteiger partial charge in [-0.1, -0.05) is 6.92 Å². The van der Waals surface area contributed by atoms with Gasteiger partial charge in [0, 0.05) is 25.2 Å². The van der Waals surface area contributed by atoms with Crippen molar-refractivity contribution < 1.29 is 0 Å². The molecule has 1 saturated heterocycles. The lowest BCUT2D eigenvalue weighted by Gasteiger charge is -2.29. The lowest BCUT2D eigenvalue weighted by Crippen LogP contribution is -2.31. The highest BCUT2D eigenvalue weighted by Crippen LogP contribution is 2.26. The molecular formula is C14H24N4. The molecule has 0 atom stereocenters. The summed E-state index contributed by atoms with van der Waals surface area (Å²) in [5.41, 5.74) is 1.19. The van der Waals surface area contributed by atoms with E-state index in [0.29, 0.717) is 0 Å². The molecule has 1 fully saturated rings. The second-order valence-corrected chi connectivity index (χ2v) is 5.04. The molecule has 0 unspecified atom stereocenters. The normalized spacial score (nSPS) is 15.8. The second-order valence-electron chi connectivity index (χ2n) is 5.04. The molecule has 0 saturated carbocycles. The van der Waals surface area contributed by atoms with Crippen LogP contribution in [0, 0.1) is 13.8 Å². The summed E-state index contributed by atoms with van der Waals surface area (Å²) >= 11 is 0. The van der Waals surface area contributed by atoms with Crippen molar-refractivity contribution in [3.63, 3.8) is 0 Å². The van der Waals surface area contributed by atoms with Crippen LogP contribution < -0.4 is 10.2 Å². The summed E-state index contributed by atoms with van der Waals surface area (Å²) in [5.74, 6) is 2.99. The van der Waals surface area contributed by atoms with E-state index in [1.807, 2.05) is 6.92 Å². The standard InChI is InChI=1S/C14H24N4/c1-4-8-15-13-11(2)14(17-12(3)16-13)18-9-6-5-7-10-18/h4-10H2,1-3H3,(H,15,16,17). The van der Waals surface area contributed by atoms with Crippen LogP contribution in [-0.2, 0) is 0 Å². The Morgan fingerprint density at radius 3 is 2.50 bits per heavy atom. The number of anilines is 2. The summed E-state index contributed by atoms with van der Waals surface area (Å²) in [7, 11) is 0. The molecule has 2 heterocycles. The highest BCUT2D eigenvalue weighted by atomic mass is 15.2. The second kappa shape index (κ2) is 6.03. The molecular weight excluding hydrogens is 224 g/mol. The van der Waals surface area contributed by atoms with Crippen LogP contribution in [-0.4, -0.2) is 29.6 Å². The summed E-state index contributed by atoms with van der Waals surface area (Å²) in [5, 5.41) is 3.41. The van der Waals surface area contributed by atoms with Crippen LogP contribution in [0.3, 0.4) is 0 Å². The fourth-order valence-corrected chi connectivity index (χ4v) is 2.44. The quantitative estimate of drug-likeness (QED) is 0.889. The Morgan fingerprint density at radius 1 is 1.11 bits per heavy atom. The Hall–Kier alpha value is -1.32. The van der Waals surface area contributed by atoms with Crippen LogP contribution in [0.1, 0.15) is 44.0 Å². The van der Waals surface area contributed by atoms with Crippen molar-refractivity contribution in [2.45, 2.75) is 46.5 Å². The number of rotatable bonds is 4. The Kier molecular flexibility index (Phi) is 4.39. The van der Waals surface area contributed by atoms with Crippen molar-refractivity contribution >= 4 is 11.6 Å². The van der Waals surface area contributed by atoms with Gasteiger partial charge in [-0.05, 0) is 39.5 Å². The van der Waals surface area contributed by atoms with E-state index in [0.717, 1.165) is 43.5 Å². The third-order valence-electron chi connectivity index (χ3n) is 3.43. The third kappa shape index (κ3) is 2.92. The van der Waals surface area contributed by atoms with Crippen molar-refractivity contribution in [1.82, 2.24) is 9.97 Å². The molecule has 4 heteroatoms. The minimum Gasteiger partial charge on any atom is -0.370 e. The fourth-order valence-electron chi connectivity index (χ4n) is 2.44. The highest BCUT2D eigenvalue weighted by Gasteiger charge is 2.17. The first-order valence-corrected chi connectivity index (χ1v) is 7.06. The van der Waals surface area contributed by atoms with Gasteiger partial charge < -0.3 is 10.2 Å². The number of nitrogens with zero attached hydrogens (tertiary/aromatic N) is 3. The maximum atomic E-state index is 4.64. The summed E-state index contributed by atoms with van der Waals surface area (Å²) < 4.78 is 0. The molecule has 2 rings (SSSR count). The minimum absolute atomic E-state index is 0.861. The van der Waals surface area contributed by atoms with Gasteiger partial charge >= 0.3 is 0 Å². The lowest BCUT2D eigenvalue weighted by atomic mass is 10.1. The predicted octanol–water partition coefficient (Wildman–Crippen LogP) is 2.91. The number of hydrogen-bond acceptors (Lipinski definition) is 4. The molecule has 0 aliphatic carbocycles. The Labute approximate surface area is 110 Å². The number of aryl methyl sites for hydroxylation is 1. The van der Waals surface area contributed by atoms with Crippen molar-refractivity contribution in [2.75, 3.05) is 29.9 Å². The van der Waals surface area contributed by atoms with Gasteiger partial charge in [0.25, 0.3) is 0 Å². The Balaban J connectivity index is 2.25. The third-order valence-corrected chi connectivity index (χ3v) is 3.43. The monoisotopic (exact) mass is 248 g/mol. The molecule has 1 aliphatic rings. The van der Waals surface area contributed by atoms with Gasteiger partial charge in [0.15, 0.2) is 0 Å². The maximum absolute atomic E-state index is 4.64. The number of nitrogens with one attached hydrogen (secondary N) is 1. The molecule has 1 aromatic heterocycles. The molecule has 0 radical (unpaired) electrons. The van der Waals surface area contributed by atoms with Crippen molar-refractivity contribution in [2.24, 2.45) is 0 Å². The highest BCUT2D eigenvalue weighted by molar-refractivity contribution is 5.58. The molecule has 0 aromatic carbocycles. The zero-order valence-electron chi connectivity index (χ0n) is 11.8. The maximum Gasteiger partial charge on any atom is 0.137 e. The number of aromatic nitrogens is 2.